The molecule has 2 fully saturated rings. The van der Waals surface area contributed by atoms with E-state index >= 15 is 8.78 Å². The molecule has 6 rings (SSSR count). The SMILES string of the molecule is COC(=O)N[C@H](C(=O)N[C@@H](Cc1ccc(C#Cc2ccc(N3CCN4CCOC[C@H]4C3)nc2)cc1)[C@@H](O)CN(Cc1c(F)cc(-c2ccn(C(F)F)n2)cc1F)NC(=O)[C@@H](NC(=O)O)C(C)(C)C)C(C)(C)C(F)(F)F. The second kappa shape index (κ2) is 24.1. The molecular formula is C50H59F7N10O8. The lowest BCUT2D eigenvalue weighted by Crippen LogP contribution is -2.63. The summed E-state index contributed by atoms with van der Waals surface area (Å²) in [7, 11) is 0.868. The molecule has 5 atom stereocenters. The Hall–Kier alpha value is -7.01. The third-order valence-electron chi connectivity index (χ3n) is 12.9. The summed E-state index contributed by atoms with van der Waals surface area (Å²) >= 11 is 0. The fourth-order valence-electron chi connectivity index (χ4n) is 8.40. The number of alkyl carbamates (subject to hydrolysis) is 1. The number of hydrazine groups is 1. The summed E-state index contributed by atoms with van der Waals surface area (Å²) < 4.78 is 112. The van der Waals surface area contributed by atoms with Crippen LogP contribution >= 0.6 is 0 Å². The average molecular weight is 1060 g/mol. The number of alkyl halides is 5. The third kappa shape index (κ3) is 14.9. The fraction of sp³-hybridized carbons (Fsp3) is 0.480. The van der Waals surface area contributed by atoms with Crippen molar-refractivity contribution < 1.29 is 69.6 Å². The molecule has 25 heteroatoms. The molecule has 0 aliphatic carbocycles. The number of aromatic nitrogens is 3. The van der Waals surface area contributed by atoms with Crippen LogP contribution in [-0.4, -0.2) is 148 Å². The van der Waals surface area contributed by atoms with Crippen LogP contribution in [0.3, 0.4) is 0 Å². The van der Waals surface area contributed by atoms with Crippen LogP contribution in [0.1, 0.15) is 63.4 Å². The number of hydrogen-bond donors (Lipinski definition) is 6. The Kier molecular flexibility index (Phi) is 18.4. The van der Waals surface area contributed by atoms with Gasteiger partial charge >= 0.3 is 24.9 Å². The Balaban J connectivity index is 1.30. The number of hydrogen-bond acceptors (Lipinski definition) is 12. The normalized spacial score (nSPS) is 17.0. The van der Waals surface area contributed by atoms with E-state index in [1.54, 1.807) is 30.5 Å². The van der Waals surface area contributed by atoms with Crippen molar-refractivity contribution in [1.82, 2.24) is 46.0 Å². The minimum atomic E-state index is -5.10. The van der Waals surface area contributed by atoms with Gasteiger partial charge in [-0.05, 0) is 73.7 Å². The van der Waals surface area contributed by atoms with Crippen molar-refractivity contribution in [3.05, 3.63) is 101 Å². The molecule has 2 aromatic heterocycles. The highest BCUT2D eigenvalue weighted by molar-refractivity contribution is 5.87. The molecule has 2 aliphatic rings. The number of amides is 4. The third-order valence-corrected chi connectivity index (χ3v) is 12.9. The number of methoxy groups -OCH3 is 1. The number of halogens is 7. The molecule has 0 bridgehead atoms. The fourth-order valence-corrected chi connectivity index (χ4v) is 8.40. The largest absolute Gasteiger partial charge is 0.465 e. The molecule has 4 aromatic rings. The highest BCUT2D eigenvalue weighted by Gasteiger charge is 2.56. The number of fused-ring (bicyclic) bond motifs is 1. The molecular weight excluding hydrogens is 1000 g/mol. The van der Waals surface area contributed by atoms with Gasteiger partial charge in [0.15, 0.2) is 0 Å². The van der Waals surface area contributed by atoms with Gasteiger partial charge < -0.3 is 40.5 Å². The van der Waals surface area contributed by atoms with Gasteiger partial charge in [0, 0.05) is 73.9 Å². The van der Waals surface area contributed by atoms with E-state index < -0.39 is 102 Å². The summed E-state index contributed by atoms with van der Waals surface area (Å²) in [6.45, 7) is 5.78. The summed E-state index contributed by atoms with van der Waals surface area (Å²) in [5.74, 6) is 1.86. The van der Waals surface area contributed by atoms with Gasteiger partial charge in [0.1, 0.15) is 29.5 Å². The highest BCUT2D eigenvalue weighted by Crippen LogP contribution is 2.41. The zero-order chi connectivity index (χ0) is 55.0. The standard InChI is InChI=1S/C50H59F7N10O8/c1-48(2,3)41(60-46(71)72)44(70)63-66(26-34-35(51)22-32(23-36(34)52)37-15-16-67(62-37)45(53)54)27-39(68)38(59-43(69)42(61-47(73)74-6)49(4,5)50(55,56)57)21-30-10-7-29(8-11-30)9-12-31-13-14-40(58-24-31)65-18-17-64-19-20-75-28-33(64)25-65/h7-8,10-11,13-16,22-24,33,38-39,41-42,45,60,68H,17-21,25-28H2,1-6H3,(H,59,69)(H,61,73)(H,63,70)(H,71,72)/t33-,38+,39+,41-,42-/m1/s1. The second-order valence-electron chi connectivity index (χ2n) is 19.7. The number of piperazine rings is 1. The van der Waals surface area contributed by atoms with Crippen molar-refractivity contribution in [1.29, 1.82) is 0 Å². The van der Waals surface area contributed by atoms with Crippen LogP contribution in [-0.2, 0) is 32.0 Å². The van der Waals surface area contributed by atoms with Gasteiger partial charge in [0.2, 0.25) is 5.91 Å². The van der Waals surface area contributed by atoms with Crippen LogP contribution in [0.25, 0.3) is 11.3 Å². The first-order chi connectivity index (χ1) is 35.2. The Bertz CT molecular complexity index is 2690. The van der Waals surface area contributed by atoms with Crippen molar-refractivity contribution in [3.8, 4) is 23.1 Å². The van der Waals surface area contributed by atoms with Crippen LogP contribution in [0.15, 0.2) is 67.0 Å². The number of carbonyl (C=O) groups is 4. The molecule has 0 saturated carbocycles. The van der Waals surface area contributed by atoms with Crippen molar-refractivity contribution in [3.63, 3.8) is 0 Å². The molecule has 406 valence electrons. The zero-order valence-corrected chi connectivity index (χ0v) is 41.9. The molecule has 2 aromatic carbocycles. The lowest BCUT2D eigenvalue weighted by atomic mass is 9.82. The van der Waals surface area contributed by atoms with E-state index in [-0.39, 0.29) is 28.4 Å². The predicted octanol–water partition coefficient (Wildman–Crippen LogP) is 5.46. The zero-order valence-electron chi connectivity index (χ0n) is 41.9. The van der Waals surface area contributed by atoms with Crippen molar-refractivity contribution >= 4 is 29.8 Å². The predicted molar refractivity (Wildman–Crippen MR) is 258 cm³/mol. The van der Waals surface area contributed by atoms with Crippen LogP contribution in [0.4, 0.5) is 46.1 Å². The minimum Gasteiger partial charge on any atom is -0.465 e. The smallest absolute Gasteiger partial charge is 0.407 e. The van der Waals surface area contributed by atoms with Gasteiger partial charge in [0.25, 0.3) is 5.91 Å². The molecule has 0 radical (unpaired) electrons. The summed E-state index contributed by atoms with van der Waals surface area (Å²) in [5.41, 5.74) is -1.40. The minimum absolute atomic E-state index is 0.220. The number of carboxylic acid groups (broad SMARTS) is 1. The first-order valence-electron chi connectivity index (χ1n) is 23.6. The van der Waals surface area contributed by atoms with E-state index in [9.17, 15) is 51.3 Å². The monoisotopic (exact) mass is 1060 g/mol. The molecule has 0 spiro atoms. The summed E-state index contributed by atoms with van der Waals surface area (Å²) in [4.78, 5) is 61.3. The number of rotatable bonds is 17. The molecule has 0 unspecified atom stereocenters. The molecule has 4 heterocycles. The highest BCUT2D eigenvalue weighted by atomic mass is 19.4. The van der Waals surface area contributed by atoms with Crippen LogP contribution < -0.4 is 26.3 Å². The summed E-state index contributed by atoms with van der Waals surface area (Å²) in [6.07, 6.45) is -7.84. The van der Waals surface area contributed by atoms with Crippen LogP contribution in [0, 0.1) is 34.3 Å². The van der Waals surface area contributed by atoms with Gasteiger partial charge in [-0.25, -0.2) is 33.0 Å². The van der Waals surface area contributed by atoms with Crippen molar-refractivity contribution in [2.45, 2.75) is 90.6 Å². The average Bonchev–Trinajstić information content (AvgIpc) is 3.86. The quantitative estimate of drug-likeness (QED) is 0.0441. The molecule has 2 aliphatic heterocycles. The number of aliphatic hydroxyl groups excluding tert-OH is 1. The lowest BCUT2D eigenvalue weighted by Gasteiger charge is -2.44. The van der Waals surface area contributed by atoms with E-state index in [2.05, 4.69) is 52.5 Å². The Labute approximate surface area is 427 Å². The molecule has 4 amide bonds. The van der Waals surface area contributed by atoms with Crippen molar-refractivity contribution in [2.24, 2.45) is 10.8 Å². The first kappa shape index (κ1) is 57.3. The number of nitrogens with zero attached hydrogens (tertiary/aromatic N) is 6. The number of morpholine rings is 1. The summed E-state index contributed by atoms with van der Waals surface area (Å²) in [5, 5.41) is 32.4. The van der Waals surface area contributed by atoms with Gasteiger partial charge in [-0.15, -0.1) is 0 Å². The number of aliphatic hydroxyl groups is 1. The van der Waals surface area contributed by atoms with Crippen LogP contribution in [0.2, 0.25) is 0 Å². The second-order valence-corrected chi connectivity index (χ2v) is 19.7. The number of carbonyl (C=O) groups excluding carboxylic acids is 3. The van der Waals surface area contributed by atoms with Crippen LogP contribution in [0.5, 0.6) is 0 Å². The number of pyridine rings is 1. The molecule has 18 nitrogen and oxygen atoms in total. The maximum atomic E-state index is 16.0. The van der Waals surface area contributed by atoms with Gasteiger partial charge in [0.05, 0.1) is 49.6 Å². The topological polar surface area (TPSA) is 216 Å². The van der Waals surface area contributed by atoms with E-state index in [1.807, 2.05) is 17.4 Å². The maximum Gasteiger partial charge on any atom is 0.407 e. The summed E-state index contributed by atoms with van der Waals surface area (Å²) in [6, 6.07) is 7.53. The van der Waals surface area contributed by atoms with E-state index in [0.29, 0.717) is 37.1 Å². The van der Waals surface area contributed by atoms with Gasteiger partial charge in [-0.2, -0.15) is 27.1 Å². The van der Waals surface area contributed by atoms with E-state index in [4.69, 9.17) is 4.74 Å². The Morgan fingerprint density at radius 1 is 0.893 bits per heavy atom. The number of ether oxygens (including phenoxy) is 2. The Morgan fingerprint density at radius 3 is 2.15 bits per heavy atom. The van der Waals surface area contributed by atoms with Gasteiger partial charge in [-0.3, -0.25) is 19.9 Å². The van der Waals surface area contributed by atoms with Crippen molar-refractivity contribution in [2.75, 3.05) is 57.9 Å². The number of nitrogens with one attached hydrogen (secondary N) is 4. The number of anilines is 1. The van der Waals surface area contributed by atoms with Gasteiger partial charge in [-0.1, -0.05) is 44.7 Å². The molecule has 75 heavy (non-hydrogen) atoms. The first-order valence-corrected chi connectivity index (χ1v) is 23.6. The maximum absolute atomic E-state index is 16.0. The van der Waals surface area contributed by atoms with E-state index in [0.717, 1.165) is 75.1 Å². The lowest BCUT2D eigenvalue weighted by molar-refractivity contribution is -0.220. The number of benzene rings is 2. The Morgan fingerprint density at radius 2 is 1.56 bits per heavy atom. The van der Waals surface area contributed by atoms with E-state index in [1.165, 1.54) is 20.8 Å². The molecule has 2 saturated heterocycles. The molecule has 6 N–H and O–H groups in total.